The van der Waals surface area contributed by atoms with Gasteiger partial charge in [-0.05, 0) is 25.7 Å². The van der Waals surface area contributed by atoms with Crippen LogP contribution in [0, 0.1) is 22.7 Å². The average Bonchev–Trinajstić information content (AvgIpc) is 2.41. The van der Waals surface area contributed by atoms with Crippen molar-refractivity contribution in [1.82, 2.24) is 0 Å². The van der Waals surface area contributed by atoms with E-state index in [4.69, 9.17) is 5.26 Å². The summed E-state index contributed by atoms with van der Waals surface area (Å²) in [5.74, 6) is -0.208. The lowest BCUT2D eigenvalue weighted by Gasteiger charge is -2.43. The number of ketones is 1. The molecule has 2 aliphatic carbocycles. The number of carbonyl (C=O) groups excluding carboxylic acids is 1. The van der Waals surface area contributed by atoms with Crippen LogP contribution in [0.25, 0.3) is 0 Å². The summed E-state index contributed by atoms with van der Waals surface area (Å²) >= 11 is 0. The normalized spacial score (nSPS) is 47.2. The van der Waals surface area contributed by atoms with E-state index < -0.39 is 11.0 Å². The monoisotopic (exact) mass is 193 g/mol. The van der Waals surface area contributed by atoms with Gasteiger partial charge in [-0.15, -0.1) is 0 Å². The number of rotatable bonds is 0. The van der Waals surface area contributed by atoms with Gasteiger partial charge in [0.1, 0.15) is 5.60 Å². The van der Waals surface area contributed by atoms with E-state index in [2.05, 4.69) is 6.07 Å². The number of hydrogen-bond acceptors (Lipinski definition) is 3. The van der Waals surface area contributed by atoms with Crippen LogP contribution in [-0.2, 0) is 4.79 Å². The lowest BCUT2D eigenvalue weighted by molar-refractivity contribution is -0.156. The smallest absolute Gasteiger partial charge is 0.164 e. The highest BCUT2D eigenvalue weighted by molar-refractivity contribution is 5.89. The van der Waals surface area contributed by atoms with E-state index in [1.54, 1.807) is 0 Å². The van der Waals surface area contributed by atoms with E-state index in [9.17, 15) is 9.90 Å². The Hall–Kier alpha value is -0.880. The first-order chi connectivity index (χ1) is 6.54. The summed E-state index contributed by atoms with van der Waals surface area (Å²) in [7, 11) is 0. The summed E-state index contributed by atoms with van der Waals surface area (Å²) in [5, 5.41) is 19.3. The maximum absolute atomic E-state index is 11.7. The van der Waals surface area contributed by atoms with Gasteiger partial charge in [0.2, 0.25) is 0 Å². The van der Waals surface area contributed by atoms with Crippen LogP contribution in [0.1, 0.15) is 39.0 Å². The molecule has 0 heterocycles. The van der Waals surface area contributed by atoms with E-state index >= 15 is 0 Å². The molecule has 2 rings (SSSR count). The van der Waals surface area contributed by atoms with E-state index in [1.807, 2.05) is 6.92 Å². The molecule has 2 fully saturated rings. The molecule has 2 aliphatic rings. The van der Waals surface area contributed by atoms with E-state index in [-0.39, 0.29) is 11.7 Å². The van der Waals surface area contributed by atoms with Gasteiger partial charge >= 0.3 is 0 Å². The molecule has 3 nitrogen and oxygen atoms in total. The third kappa shape index (κ3) is 0.923. The highest BCUT2D eigenvalue weighted by Gasteiger charge is 2.61. The molecule has 0 aromatic heterocycles. The number of carbonyl (C=O) groups is 1. The summed E-state index contributed by atoms with van der Waals surface area (Å²) in [6.45, 7) is 1.89. The number of Topliss-reactive ketones (excluding diaryl/α,β-unsaturated/α-hetero) is 1. The van der Waals surface area contributed by atoms with Crippen LogP contribution in [-0.4, -0.2) is 16.5 Å². The standard InChI is InChI=1S/C11H15NO2/c1-10-5-2-3-9(13)11(10,14)6-4-8(10)7-12/h8,14H,2-6H2,1H3/t8-,10-,11+/m1/s1. The zero-order valence-electron chi connectivity index (χ0n) is 8.42. The first-order valence-corrected chi connectivity index (χ1v) is 5.20. The van der Waals surface area contributed by atoms with Crippen LogP contribution in [0.15, 0.2) is 0 Å². The Morgan fingerprint density at radius 3 is 2.93 bits per heavy atom. The van der Waals surface area contributed by atoms with Crippen LogP contribution in [0.2, 0.25) is 0 Å². The Bertz CT molecular complexity index is 320. The fraction of sp³-hybridized carbons (Fsp3) is 0.818. The first kappa shape index (κ1) is 9.67. The SMILES string of the molecule is C[C@]12CCCC(=O)[C@@]1(O)CC[C@@H]2C#N. The van der Waals surface area contributed by atoms with Crippen molar-refractivity contribution in [1.29, 1.82) is 5.26 Å². The molecule has 0 spiro atoms. The Morgan fingerprint density at radius 1 is 1.57 bits per heavy atom. The Morgan fingerprint density at radius 2 is 2.29 bits per heavy atom. The van der Waals surface area contributed by atoms with E-state index in [1.165, 1.54) is 0 Å². The molecule has 0 amide bonds. The fourth-order valence-corrected chi connectivity index (χ4v) is 3.11. The minimum absolute atomic E-state index is 0.0519. The summed E-state index contributed by atoms with van der Waals surface area (Å²) in [4.78, 5) is 11.7. The van der Waals surface area contributed by atoms with Gasteiger partial charge in [0.15, 0.2) is 5.78 Å². The van der Waals surface area contributed by atoms with Gasteiger partial charge in [0.25, 0.3) is 0 Å². The molecule has 0 aromatic rings. The van der Waals surface area contributed by atoms with Crippen LogP contribution >= 0.6 is 0 Å². The summed E-state index contributed by atoms with van der Waals surface area (Å²) in [6, 6.07) is 2.24. The molecule has 0 aliphatic heterocycles. The van der Waals surface area contributed by atoms with Gasteiger partial charge in [-0.2, -0.15) is 5.26 Å². The lowest BCUT2D eigenvalue weighted by atomic mass is 9.62. The Kier molecular flexibility index (Phi) is 1.94. The molecular formula is C11H15NO2. The molecular weight excluding hydrogens is 178 g/mol. The molecule has 14 heavy (non-hydrogen) atoms. The lowest BCUT2D eigenvalue weighted by Crippen LogP contribution is -2.53. The number of nitriles is 1. The molecule has 0 radical (unpaired) electrons. The Labute approximate surface area is 83.7 Å². The largest absolute Gasteiger partial charge is 0.381 e. The highest BCUT2D eigenvalue weighted by atomic mass is 16.3. The molecule has 3 atom stereocenters. The van der Waals surface area contributed by atoms with E-state index in [0.29, 0.717) is 19.3 Å². The van der Waals surface area contributed by atoms with Crippen molar-refractivity contribution < 1.29 is 9.90 Å². The molecule has 2 saturated carbocycles. The van der Waals surface area contributed by atoms with Gasteiger partial charge in [-0.1, -0.05) is 6.92 Å². The van der Waals surface area contributed by atoms with E-state index in [0.717, 1.165) is 12.8 Å². The second-order valence-corrected chi connectivity index (χ2v) is 4.77. The topological polar surface area (TPSA) is 61.1 Å². The second-order valence-electron chi connectivity index (χ2n) is 4.77. The summed E-state index contributed by atoms with van der Waals surface area (Å²) < 4.78 is 0. The maximum atomic E-state index is 11.7. The van der Waals surface area contributed by atoms with Gasteiger partial charge in [0, 0.05) is 11.8 Å². The van der Waals surface area contributed by atoms with Crippen molar-refractivity contribution in [3.8, 4) is 6.07 Å². The van der Waals surface area contributed by atoms with Crippen molar-refractivity contribution in [2.24, 2.45) is 11.3 Å². The predicted molar refractivity (Wildman–Crippen MR) is 50.3 cm³/mol. The minimum Gasteiger partial charge on any atom is -0.381 e. The zero-order chi connectivity index (χ0) is 10.4. The number of aliphatic hydroxyl groups is 1. The third-order valence-corrected chi connectivity index (χ3v) is 4.23. The molecule has 76 valence electrons. The van der Waals surface area contributed by atoms with Crippen LogP contribution < -0.4 is 0 Å². The molecule has 0 saturated heterocycles. The van der Waals surface area contributed by atoms with Crippen molar-refractivity contribution in [2.45, 2.75) is 44.6 Å². The Balaban J connectivity index is 2.42. The number of nitrogens with zero attached hydrogens (tertiary/aromatic N) is 1. The van der Waals surface area contributed by atoms with Crippen LogP contribution in [0.3, 0.4) is 0 Å². The van der Waals surface area contributed by atoms with Crippen molar-refractivity contribution in [3.63, 3.8) is 0 Å². The molecule has 0 unspecified atom stereocenters. The van der Waals surface area contributed by atoms with Crippen molar-refractivity contribution in [2.75, 3.05) is 0 Å². The number of hydrogen-bond donors (Lipinski definition) is 1. The second kappa shape index (κ2) is 2.80. The maximum Gasteiger partial charge on any atom is 0.164 e. The quantitative estimate of drug-likeness (QED) is 0.632. The van der Waals surface area contributed by atoms with Gasteiger partial charge in [-0.25, -0.2) is 0 Å². The van der Waals surface area contributed by atoms with Gasteiger partial charge in [-0.3, -0.25) is 4.79 Å². The average molecular weight is 193 g/mol. The zero-order valence-corrected chi connectivity index (χ0v) is 8.42. The first-order valence-electron chi connectivity index (χ1n) is 5.20. The van der Waals surface area contributed by atoms with Crippen molar-refractivity contribution >= 4 is 5.78 Å². The van der Waals surface area contributed by atoms with Gasteiger partial charge < -0.3 is 5.11 Å². The minimum atomic E-state index is -1.20. The molecule has 0 aromatic carbocycles. The fourth-order valence-electron chi connectivity index (χ4n) is 3.11. The summed E-state index contributed by atoms with van der Waals surface area (Å²) in [6.07, 6.45) is 3.23. The molecule has 3 heteroatoms. The van der Waals surface area contributed by atoms with Crippen LogP contribution in [0.4, 0.5) is 0 Å². The van der Waals surface area contributed by atoms with Gasteiger partial charge in [0.05, 0.1) is 12.0 Å². The predicted octanol–water partition coefficient (Wildman–Crippen LogP) is 1.41. The molecule has 1 N–H and O–H groups in total. The van der Waals surface area contributed by atoms with Crippen molar-refractivity contribution in [3.05, 3.63) is 0 Å². The highest BCUT2D eigenvalue weighted by Crippen LogP contribution is 2.56. The van der Waals surface area contributed by atoms with Crippen LogP contribution in [0.5, 0.6) is 0 Å². The summed E-state index contributed by atoms with van der Waals surface area (Å²) in [5.41, 5.74) is -1.69. The number of fused-ring (bicyclic) bond motifs is 1. The third-order valence-electron chi connectivity index (χ3n) is 4.23. The molecule has 0 bridgehead atoms.